The Hall–Kier alpha value is -0.0800. The van der Waals surface area contributed by atoms with Crippen molar-refractivity contribution in [1.29, 1.82) is 0 Å². The lowest BCUT2D eigenvalue weighted by Gasteiger charge is -2.41. The van der Waals surface area contributed by atoms with Crippen molar-refractivity contribution in [2.45, 2.75) is 52.0 Å². The zero-order valence-electron chi connectivity index (χ0n) is 10.1. The molecule has 1 rings (SSSR count). The van der Waals surface area contributed by atoms with Crippen LogP contribution in [0.15, 0.2) is 0 Å². The van der Waals surface area contributed by atoms with E-state index in [1.54, 1.807) is 0 Å². The van der Waals surface area contributed by atoms with Gasteiger partial charge in [0.2, 0.25) is 0 Å². The lowest BCUT2D eigenvalue weighted by molar-refractivity contribution is 0.0932. The molecular weight excluding hydrogens is 172 g/mol. The van der Waals surface area contributed by atoms with E-state index in [0.29, 0.717) is 5.54 Å². The van der Waals surface area contributed by atoms with Crippen LogP contribution < -0.4 is 5.32 Å². The van der Waals surface area contributed by atoms with Crippen LogP contribution in [0.4, 0.5) is 0 Å². The Morgan fingerprint density at radius 1 is 1.14 bits per heavy atom. The molecule has 1 aliphatic heterocycles. The van der Waals surface area contributed by atoms with Crippen LogP contribution >= 0.6 is 0 Å². The molecule has 14 heavy (non-hydrogen) atoms. The lowest BCUT2D eigenvalue weighted by atomic mass is 9.94. The van der Waals surface area contributed by atoms with Crippen LogP contribution in [0.25, 0.3) is 0 Å². The molecule has 84 valence electrons. The number of nitrogens with zero attached hydrogens (tertiary/aromatic N) is 1. The molecule has 0 aliphatic carbocycles. The molecule has 0 unspecified atom stereocenters. The molecule has 0 aromatic rings. The third kappa shape index (κ3) is 3.58. The summed E-state index contributed by atoms with van der Waals surface area (Å²) in [7, 11) is 0. The van der Waals surface area contributed by atoms with Crippen molar-refractivity contribution in [2.75, 3.05) is 26.2 Å². The molecular formula is C12H26N2. The minimum absolute atomic E-state index is 0.414. The van der Waals surface area contributed by atoms with Gasteiger partial charge in [0, 0.05) is 31.7 Å². The number of hydrogen-bond donors (Lipinski definition) is 1. The first kappa shape index (κ1) is 12.0. The molecule has 2 nitrogen and oxygen atoms in total. The van der Waals surface area contributed by atoms with Crippen LogP contribution in [0.3, 0.4) is 0 Å². The first-order valence-electron chi connectivity index (χ1n) is 6.12. The highest BCUT2D eigenvalue weighted by atomic mass is 15.2. The van der Waals surface area contributed by atoms with Crippen molar-refractivity contribution in [1.82, 2.24) is 10.2 Å². The third-order valence-corrected chi connectivity index (χ3v) is 3.37. The van der Waals surface area contributed by atoms with E-state index in [0.717, 1.165) is 13.1 Å². The standard InChI is InChI=1S/C12H26N2/c1-4-5-6-7-12(2,3)14-10-8-13-9-11-14/h13H,4-11H2,1-3H3. The minimum atomic E-state index is 0.414. The summed E-state index contributed by atoms with van der Waals surface area (Å²) in [5, 5.41) is 3.41. The van der Waals surface area contributed by atoms with Gasteiger partial charge < -0.3 is 5.32 Å². The SMILES string of the molecule is CCCCCC(C)(C)N1CCNCC1. The highest BCUT2D eigenvalue weighted by molar-refractivity contribution is 4.84. The molecule has 0 aromatic carbocycles. The summed E-state index contributed by atoms with van der Waals surface area (Å²) in [6.07, 6.45) is 5.45. The molecule has 0 radical (unpaired) electrons. The maximum Gasteiger partial charge on any atom is 0.0154 e. The number of hydrogen-bond acceptors (Lipinski definition) is 2. The second-order valence-electron chi connectivity index (χ2n) is 5.01. The van der Waals surface area contributed by atoms with E-state index in [-0.39, 0.29) is 0 Å². The van der Waals surface area contributed by atoms with E-state index in [1.807, 2.05) is 0 Å². The second kappa shape index (κ2) is 5.72. The normalized spacial score (nSPS) is 19.9. The van der Waals surface area contributed by atoms with Gasteiger partial charge in [0.25, 0.3) is 0 Å². The van der Waals surface area contributed by atoms with E-state index >= 15 is 0 Å². The number of piperazine rings is 1. The maximum absolute atomic E-state index is 3.41. The van der Waals surface area contributed by atoms with Crippen molar-refractivity contribution < 1.29 is 0 Å². The van der Waals surface area contributed by atoms with E-state index in [9.17, 15) is 0 Å². The van der Waals surface area contributed by atoms with Gasteiger partial charge in [-0.2, -0.15) is 0 Å². The fourth-order valence-corrected chi connectivity index (χ4v) is 2.24. The fraction of sp³-hybridized carbons (Fsp3) is 1.00. The number of nitrogens with one attached hydrogen (secondary N) is 1. The average Bonchev–Trinajstić information content (AvgIpc) is 2.19. The Kier molecular flexibility index (Phi) is 4.90. The Morgan fingerprint density at radius 3 is 2.36 bits per heavy atom. The summed E-state index contributed by atoms with van der Waals surface area (Å²) in [5.41, 5.74) is 0.414. The molecule has 0 amide bonds. The maximum atomic E-state index is 3.41. The Labute approximate surface area is 89.1 Å². The molecule has 1 heterocycles. The van der Waals surface area contributed by atoms with Crippen molar-refractivity contribution in [3.63, 3.8) is 0 Å². The average molecular weight is 198 g/mol. The first-order chi connectivity index (χ1) is 6.67. The largest absolute Gasteiger partial charge is 0.314 e. The smallest absolute Gasteiger partial charge is 0.0154 e. The molecule has 1 aliphatic rings. The van der Waals surface area contributed by atoms with Gasteiger partial charge in [-0.25, -0.2) is 0 Å². The molecule has 1 saturated heterocycles. The number of rotatable bonds is 5. The lowest BCUT2D eigenvalue weighted by Crippen LogP contribution is -2.53. The molecule has 2 heteroatoms. The van der Waals surface area contributed by atoms with Crippen LogP contribution in [-0.2, 0) is 0 Å². The van der Waals surface area contributed by atoms with Crippen LogP contribution in [0.2, 0.25) is 0 Å². The van der Waals surface area contributed by atoms with Gasteiger partial charge in [-0.1, -0.05) is 26.2 Å². The van der Waals surface area contributed by atoms with Gasteiger partial charge in [-0.05, 0) is 20.3 Å². The van der Waals surface area contributed by atoms with E-state index in [2.05, 4.69) is 31.0 Å². The zero-order chi connectivity index (χ0) is 10.4. The molecule has 0 saturated carbocycles. The van der Waals surface area contributed by atoms with Crippen molar-refractivity contribution in [3.05, 3.63) is 0 Å². The fourth-order valence-electron chi connectivity index (χ4n) is 2.24. The summed E-state index contributed by atoms with van der Waals surface area (Å²) in [5.74, 6) is 0. The first-order valence-corrected chi connectivity index (χ1v) is 6.12. The Balaban J connectivity index is 2.29. The number of unbranched alkanes of at least 4 members (excludes halogenated alkanes) is 2. The topological polar surface area (TPSA) is 15.3 Å². The van der Waals surface area contributed by atoms with Gasteiger partial charge in [-0.3, -0.25) is 4.90 Å². The van der Waals surface area contributed by atoms with Gasteiger partial charge >= 0.3 is 0 Å². The van der Waals surface area contributed by atoms with Gasteiger partial charge in [-0.15, -0.1) is 0 Å². The van der Waals surface area contributed by atoms with Crippen molar-refractivity contribution in [3.8, 4) is 0 Å². The van der Waals surface area contributed by atoms with Gasteiger partial charge in [0.15, 0.2) is 0 Å². The van der Waals surface area contributed by atoms with Gasteiger partial charge in [0.05, 0.1) is 0 Å². The Morgan fingerprint density at radius 2 is 1.79 bits per heavy atom. The van der Waals surface area contributed by atoms with Crippen LogP contribution in [0.5, 0.6) is 0 Å². The Bertz CT molecular complexity index is 148. The van der Waals surface area contributed by atoms with Crippen LogP contribution in [0.1, 0.15) is 46.5 Å². The molecule has 0 aromatic heterocycles. The summed E-state index contributed by atoms with van der Waals surface area (Å²) in [4.78, 5) is 2.64. The second-order valence-corrected chi connectivity index (χ2v) is 5.01. The molecule has 0 bridgehead atoms. The van der Waals surface area contributed by atoms with Crippen molar-refractivity contribution >= 4 is 0 Å². The quantitative estimate of drug-likeness (QED) is 0.682. The summed E-state index contributed by atoms with van der Waals surface area (Å²) in [6.45, 7) is 11.8. The van der Waals surface area contributed by atoms with Crippen molar-refractivity contribution in [2.24, 2.45) is 0 Å². The molecule has 0 atom stereocenters. The third-order valence-electron chi connectivity index (χ3n) is 3.37. The summed E-state index contributed by atoms with van der Waals surface area (Å²) < 4.78 is 0. The summed E-state index contributed by atoms with van der Waals surface area (Å²) >= 11 is 0. The molecule has 1 fully saturated rings. The monoisotopic (exact) mass is 198 g/mol. The van der Waals surface area contributed by atoms with Crippen LogP contribution in [0, 0.1) is 0 Å². The predicted octanol–water partition coefficient (Wildman–Crippen LogP) is 2.25. The molecule has 1 N–H and O–H groups in total. The van der Waals surface area contributed by atoms with E-state index in [4.69, 9.17) is 0 Å². The van der Waals surface area contributed by atoms with E-state index in [1.165, 1.54) is 38.8 Å². The van der Waals surface area contributed by atoms with Crippen LogP contribution in [-0.4, -0.2) is 36.6 Å². The predicted molar refractivity (Wildman–Crippen MR) is 62.7 cm³/mol. The zero-order valence-corrected chi connectivity index (χ0v) is 10.1. The van der Waals surface area contributed by atoms with E-state index < -0.39 is 0 Å². The highest BCUT2D eigenvalue weighted by Gasteiger charge is 2.26. The minimum Gasteiger partial charge on any atom is -0.314 e. The molecule has 0 spiro atoms. The van der Waals surface area contributed by atoms with Gasteiger partial charge in [0.1, 0.15) is 0 Å². The summed E-state index contributed by atoms with van der Waals surface area (Å²) in [6, 6.07) is 0. The highest BCUT2D eigenvalue weighted by Crippen LogP contribution is 2.22.